The summed E-state index contributed by atoms with van der Waals surface area (Å²) in [5.41, 5.74) is 2.16. The molecule has 1 N–H and O–H groups in total. The molecule has 2 rings (SSSR count). The van der Waals surface area contributed by atoms with Gasteiger partial charge in [-0.3, -0.25) is 0 Å². The summed E-state index contributed by atoms with van der Waals surface area (Å²) in [5.74, 6) is 3.09. The molecule has 0 saturated heterocycles. The molecule has 0 aliphatic carbocycles. The maximum absolute atomic E-state index is 5.94. The lowest BCUT2D eigenvalue weighted by Gasteiger charge is -2.13. The summed E-state index contributed by atoms with van der Waals surface area (Å²) in [7, 11) is 0. The van der Waals surface area contributed by atoms with E-state index in [4.69, 9.17) is 4.74 Å². The monoisotopic (exact) mass is 285 g/mol. The average Bonchev–Trinajstić information content (AvgIpc) is 2.50. The summed E-state index contributed by atoms with van der Waals surface area (Å²) < 4.78 is 5.94. The molecule has 0 amide bonds. The highest BCUT2D eigenvalue weighted by Gasteiger charge is 2.12. The Hall–Kier alpha value is -2.10. The Labute approximate surface area is 126 Å². The van der Waals surface area contributed by atoms with Crippen LogP contribution in [0, 0.1) is 13.8 Å². The van der Waals surface area contributed by atoms with Crippen molar-refractivity contribution in [2.24, 2.45) is 0 Å². The van der Waals surface area contributed by atoms with Crippen molar-refractivity contribution in [1.82, 2.24) is 9.97 Å². The van der Waals surface area contributed by atoms with E-state index in [9.17, 15) is 0 Å². The molecule has 0 saturated carbocycles. The van der Waals surface area contributed by atoms with Crippen LogP contribution in [-0.2, 0) is 6.42 Å². The predicted molar refractivity (Wildman–Crippen MR) is 86.2 cm³/mol. The largest absolute Gasteiger partial charge is 0.439 e. The minimum absolute atomic E-state index is 0.629. The van der Waals surface area contributed by atoms with Gasteiger partial charge in [-0.05, 0) is 32.4 Å². The van der Waals surface area contributed by atoms with E-state index in [-0.39, 0.29) is 0 Å². The van der Waals surface area contributed by atoms with Crippen LogP contribution in [0.5, 0.6) is 11.6 Å². The van der Waals surface area contributed by atoms with Crippen molar-refractivity contribution >= 4 is 5.82 Å². The SMILES string of the molecule is CCCNc1nc(CC)nc(Oc2ccc(C)cc2)c1C. The minimum Gasteiger partial charge on any atom is -0.439 e. The van der Waals surface area contributed by atoms with Crippen LogP contribution >= 0.6 is 0 Å². The Morgan fingerprint density at radius 3 is 2.38 bits per heavy atom. The molecule has 112 valence electrons. The van der Waals surface area contributed by atoms with Crippen molar-refractivity contribution in [2.75, 3.05) is 11.9 Å². The summed E-state index contributed by atoms with van der Waals surface area (Å²) in [5, 5.41) is 3.34. The van der Waals surface area contributed by atoms with Gasteiger partial charge in [-0.1, -0.05) is 31.5 Å². The van der Waals surface area contributed by atoms with E-state index in [1.807, 2.05) is 38.1 Å². The van der Waals surface area contributed by atoms with Crippen LogP contribution in [0.4, 0.5) is 5.82 Å². The zero-order chi connectivity index (χ0) is 15.2. The summed E-state index contributed by atoms with van der Waals surface area (Å²) in [6.45, 7) is 9.12. The maximum atomic E-state index is 5.94. The van der Waals surface area contributed by atoms with E-state index in [0.29, 0.717) is 5.88 Å². The fraction of sp³-hybridized carbons (Fsp3) is 0.412. The van der Waals surface area contributed by atoms with E-state index in [1.54, 1.807) is 0 Å². The fourth-order valence-electron chi connectivity index (χ4n) is 1.93. The lowest BCUT2D eigenvalue weighted by Crippen LogP contribution is -2.08. The smallest absolute Gasteiger partial charge is 0.227 e. The van der Waals surface area contributed by atoms with E-state index in [1.165, 1.54) is 5.56 Å². The van der Waals surface area contributed by atoms with Crippen LogP contribution in [0.3, 0.4) is 0 Å². The Balaban J connectivity index is 2.30. The molecule has 0 aliphatic rings. The quantitative estimate of drug-likeness (QED) is 0.861. The second-order valence-electron chi connectivity index (χ2n) is 5.11. The zero-order valence-electron chi connectivity index (χ0n) is 13.2. The van der Waals surface area contributed by atoms with Gasteiger partial charge < -0.3 is 10.1 Å². The molecular formula is C17H23N3O. The number of aromatic nitrogens is 2. The molecule has 2 aromatic rings. The van der Waals surface area contributed by atoms with Crippen LogP contribution < -0.4 is 10.1 Å². The summed E-state index contributed by atoms with van der Waals surface area (Å²) in [4.78, 5) is 9.05. The van der Waals surface area contributed by atoms with E-state index in [2.05, 4.69) is 29.1 Å². The van der Waals surface area contributed by atoms with Crippen LogP contribution in [0.1, 0.15) is 37.2 Å². The number of hydrogen-bond donors (Lipinski definition) is 1. The number of aryl methyl sites for hydroxylation is 2. The van der Waals surface area contributed by atoms with E-state index < -0.39 is 0 Å². The summed E-state index contributed by atoms with van der Waals surface area (Å²) in [6, 6.07) is 7.98. The van der Waals surface area contributed by atoms with Gasteiger partial charge in [-0.2, -0.15) is 4.98 Å². The van der Waals surface area contributed by atoms with Gasteiger partial charge in [0.05, 0.1) is 5.56 Å². The molecule has 0 atom stereocenters. The van der Waals surface area contributed by atoms with Gasteiger partial charge in [0.15, 0.2) is 0 Å². The number of nitrogens with zero attached hydrogens (tertiary/aromatic N) is 2. The number of ether oxygens (including phenoxy) is 1. The molecule has 1 aromatic carbocycles. The van der Waals surface area contributed by atoms with Gasteiger partial charge in [0.1, 0.15) is 17.4 Å². The molecule has 1 heterocycles. The van der Waals surface area contributed by atoms with Gasteiger partial charge >= 0.3 is 0 Å². The number of rotatable bonds is 6. The molecule has 1 aromatic heterocycles. The molecule has 0 unspecified atom stereocenters. The summed E-state index contributed by atoms with van der Waals surface area (Å²) in [6.07, 6.45) is 1.84. The minimum atomic E-state index is 0.629. The third-order valence-corrected chi connectivity index (χ3v) is 3.24. The lowest BCUT2D eigenvalue weighted by atomic mass is 10.2. The molecule has 21 heavy (non-hydrogen) atoms. The molecular weight excluding hydrogens is 262 g/mol. The first-order valence-electron chi connectivity index (χ1n) is 7.50. The first-order valence-corrected chi connectivity index (χ1v) is 7.50. The second-order valence-corrected chi connectivity index (χ2v) is 5.11. The molecule has 4 heteroatoms. The Bertz CT molecular complexity index is 594. The van der Waals surface area contributed by atoms with Gasteiger partial charge in [0.25, 0.3) is 0 Å². The topological polar surface area (TPSA) is 47.0 Å². The van der Waals surface area contributed by atoms with Gasteiger partial charge in [-0.25, -0.2) is 4.98 Å². The van der Waals surface area contributed by atoms with Gasteiger partial charge in [0.2, 0.25) is 5.88 Å². The van der Waals surface area contributed by atoms with Crippen molar-refractivity contribution in [3.8, 4) is 11.6 Å². The Kier molecular flexibility index (Phi) is 5.14. The highest BCUT2D eigenvalue weighted by Crippen LogP contribution is 2.27. The first kappa shape index (κ1) is 15.3. The molecule has 0 radical (unpaired) electrons. The average molecular weight is 285 g/mol. The van der Waals surface area contributed by atoms with Gasteiger partial charge in [0, 0.05) is 13.0 Å². The van der Waals surface area contributed by atoms with Crippen molar-refractivity contribution < 1.29 is 4.74 Å². The predicted octanol–water partition coefficient (Wildman–Crippen LogP) is 4.27. The highest BCUT2D eigenvalue weighted by atomic mass is 16.5. The van der Waals surface area contributed by atoms with E-state index >= 15 is 0 Å². The first-order chi connectivity index (χ1) is 10.1. The maximum Gasteiger partial charge on any atom is 0.227 e. The van der Waals surface area contributed by atoms with Gasteiger partial charge in [-0.15, -0.1) is 0 Å². The van der Waals surface area contributed by atoms with Crippen LogP contribution in [0.25, 0.3) is 0 Å². The third kappa shape index (κ3) is 3.94. The number of hydrogen-bond acceptors (Lipinski definition) is 4. The normalized spacial score (nSPS) is 10.5. The summed E-state index contributed by atoms with van der Waals surface area (Å²) >= 11 is 0. The molecule has 0 bridgehead atoms. The van der Waals surface area contributed by atoms with Crippen LogP contribution in [0.2, 0.25) is 0 Å². The molecule has 0 aliphatic heterocycles. The van der Waals surface area contributed by atoms with Crippen molar-refractivity contribution in [3.05, 3.63) is 41.2 Å². The van der Waals surface area contributed by atoms with Crippen LogP contribution in [0.15, 0.2) is 24.3 Å². The van der Waals surface area contributed by atoms with E-state index in [0.717, 1.165) is 42.3 Å². The molecule has 0 spiro atoms. The Morgan fingerprint density at radius 2 is 1.76 bits per heavy atom. The van der Waals surface area contributed by atoms with Crippen molar-refractivity contribution in [3.63, 3.8) is 0 Å². The zero-order valence-corrected chi connectivity index (χ0v) is 13.2. The highest BCUT2D eigenvalue weighted by molar-refractivity contribution is 5.49. The third-order valence-electron chi connectivity index (χ3n) is 3.24. The standard InChI is InChI=1S/C17H23N3O/c1-5-11-18-16-13(4)17(20-15(6-2)19-16)21-14-9-7-12(3)8-10-14/h7-10H,5-6,11H2,1-4H3,(H,18,19,20). The molecule has 4 nitrogen and oxygen atoms in total. The second kappa shape index (κ2) is 7.07. The lowest BCUT2D eigenvalue weighted by molar-refractivity contribution is 0.455. The van der Waals surface area contributed by atoms with Crippen molar-refractivity contribution in [1.29, 1.82) is 0 Å². The van der Waals surface area contributed by atoms with Crippen molar-refractivity contribution in [2.45, 2.75) is 40.5 Å². The number of nitrogens with one attached hydrogen (secondary N) is 1. The number of anilines is 1. The molecule has 0 fully saturated rings. The van der Waals surface area contributed by atoms with Crippen LogP contribution in [-0.4, -0.2) is 16.5 Å². The fourth-order valence-corrected chi connectivity index (χ4v) is 1.93. The Morgan fingerprint density at radius 1 is 1.05 bits per heavy atom. The number of benzene rings is 1.